The van der Waals surface area contributed by atoms with Crippen LogP contribution in [0.15, 0.2) is 18.2 Å². The molecule has 0 saturated carbocycles. The molecule has 0 radical (unpaired) electrons. The molecule has 0 heterocycles. The minimum absolute atomic E-state index is 0.415. The van der Waals surface area contributed by atoms with E-state index in [9.17, 15) is 30.4 Å². The summed E-state index contributed by atoms with van der Waals surface area (Å²) in [5.74, 6) is -4.06. The van der Waals surface area contributed by atoms with Crippen LogP contribution in [0.25, 0.3) is 0 Å². The van der Waals surface area contributed by atoms with Gasteiger partial charge in [0.05, 0.1) is 5.75 Å². The van der Waals surface area contributed by atoms with E-state index >= 15 is 0 Å². The second-order valence-electron chi connectivity index (χ2n) is 2.95. The van der Waals surface area contributed by atoms with Crippen molar-refractivity contribution in [1.29, 1.82) is 0 Å². The highest BCUT2D eigenvalue weighted by Crippen LogP contribution is 2.27. The highest BCUT2D eigenvalue weighted by molar-refractivity contribution is 7.91. The van der Waals surface area contributed by atoms with Crippen LogP contribution in [0, 0.1) is 11.6 Å². The van der Waals surface area contributed by atoms with Crippen molar-refractivity contribution < 1.29 is 30.4 Å². The van der Waals surface area contributed by atoms with E-state index in [1.54, 1.807) is 0 Å². The standard InChI is InChI=1S/C8H5F5O2S/c9-6-2-1-5(3-7(6)10)4-16(14,15)8(11,12)13/h1-3H,4H2. The van der Waals surface area contributed by atoms with Crippen molar-refractivity contribution in [2.45, 2.75) is 11.3 Å². The van der Waals surface area contributed by atoms with Crippen LogP contribution in [-0.2, 0) is 15.6 Å². The van der Waals surface area contributed by atoms with Crippen LogP contribution < -0.4 is 0 Å². The molecule has 0 aliphatic carbocycles. The minimum atomic E-state index is -5.40. The van der Waals surface area contributed by atoms with Gasteiger partial charge in [0.15, 0.2) is 11.6 Å². The van der Waals surface area contributed by atoms with Crippen molar-refractivity contribution in [3.8, 4) is 0 Å². The third-order valence-corrected chi connectivity index (χ3v) is 3.11. The number of hydrogen-bond acceptors (Lipinski definition) is 2. The Balaban J connectivity index is 3.03. The molecular weight excluding hydrogens is 255 g/mol. The van der Waals surface area contributed by atoms with E-state index in [4.69, 9.17) is 0 Å². The SMILES string of the molecule is O=S(=O)(Cc1ccc(F)c(F)c1)C(F)(F)F. The van der Waals surface area contributed by atoms with Gasteiger partial charge in [-0.3, -0.25) is 0 Å². The average Bonchev–Trinajstić information content (AvgIpc) is 2.09. The summed E-state index contributed by atoms with van der Waals surface area (Å²) in [5, 5.41) is 0. The molecule has 16 heavy (non-hydrogen) atoms. The topological polar surface area (TPSA) is 34.1 Å². The second-order valence-corrected chi connectivity index (χ2v) is 4.93. The second kappa shape index (κ2) is 4.00. The van der Waals surface area contributed by atoms with E-state index in [1.165, 1.54) is 0 Å². The Morgan fingerprint density at radius 2 is 1.62 bits per heavy atom. The molecule has 2 nitrogen and oxygen atoms in total. The van der Waals surface area contributed by atoms with Crippen molar-refractivity contribution in [3.05, 3.63) is 35.4 Å². The summed E-state index contributed by atoms with van der Waals surface area (Å²) >= 11 is 0. The lowest BCUT2D eigenvalue weighted by Crippen LogP contribution is -2.24. The Kier molecular flexibility index (Phi) is 3.22. The smallest absolute Gasteiger partial charge is 0.219 e. The van der Waals surface area contributed by atoms with E-state index in [2.05, 4.69) is 0 Å². The molecule has 0 aliphatic heterocycles. The summed E-state index contributed by atoms with van der Waals surface area (Å²) in [7, 11) is -5.37. The Labute approximate surface area is 87.6 Å². The highest BCUT2D eigenvalue weighted by atomic mass is 32.2. The fourth-order valence-electron chi connectivity index (χ4n) is 0.931. The number of alkyl halides is 3. The molecule has 1 rings (SSSR count). The Morgan fingerprint density at radius 1 is 1.06 bits per heavy atom. The lowest BCUT2D eigenvalue weighted by Gasteiger charge is -2.07. The summed E-state index contributed by atoms with van der Waals surface area (Å²) in [5.41, 5.74) is -5.87. The normalized spacial score (nSPS) is 12.8. The average molecular weight is 260 g/mol. The molecule has 1 aromatic rings. The van der Waals surface area contributed by atoms with Gasteiger partial charge in [-0.15, -0.1) is 0 Å². The summed E-state index contributed by atoms with van der Waals surface area (Å²) in [6, 6.07) is 1.76. The first-order valence-electron chi connectivity index (χ1n) is 3.86. The number of hydrogen-bond donors (Lipinski definition) is 0. The molecule has 0 saturated heterocycles. The Bertz CT molecular complexity index is 492. The van der Waals surface area contributed by atoms with Crippen molar-refractivity contribution in [2.24, 2.45) is 0 Å². The van der Waals surface area contributed by atoms with Gasteiger partial charge in [0.1, 0.15) is 0 Å². The number of halogens is 5. The quantitative estimate of drug-likeness (QED) is 0.765. The van der Waals surface area contributed by atoms with Gasteiger partial charge in [0, 0.05) is 0 Å². The van der Waals surface area contributed by atoms with Gasteiger partial charge in [0.2, 0.25) is 0 Å². The molecule has 0 unspecified atom stereocenters. The summed E-state index contributed by atoms with van der Waals surface area (Å²) in [6.45, 7) is 0. The summed E-state index contributed by atoms with van der Waals surface area (Å²) < 4.78 is 82.2. The first kappa shape index (κ1) is 12.9. The van der Waals surface area contributed by atoms with E-state index in [0.717, 1.165) is 6.07 Å². The molecule has 90 valence electrons. The van der Waals surface area contributed by atoms with Crippen molar-refractivity contribution in [2.75, 3.05) is 0 Å². The van der Waals surface area contributed by atoms with Crippen LogP contribution in [0.4, 0.5) is 22.0 Å². The van der Waals surface area contributed by atoms with E-state index in [-0.39, 0.29) is 0 Å². The van der Waals surface area contributed by atoms with E-state index in [1.807, 2.05) is 0 Å². The van der Waals surface area contributed by atoms with Crippen LogP contribution >= 0.6 is 0 Å². The maximum Gasteiger partial charge on any atom is 0.497 e. The summed E-state index contributed by atoms with van der Waals surface area (Å²) in [4.78, 5) is 0. The zero-order valence-corrected chi connectivity index (χ0v) is 8.37. The van der Waals surface area contributed by atoms with Gasteiger partial charge in [-0.2, -0.15) is 13.2 Å². The van der Waals surface area contributed by atoms with Crippen LogP contribution in [0.2, 0.25) is 0 Å². The third kappa shape index (κ3) is 2.69. The van der Waals surface area contributed by atoms with Gasteiger partial charge in [0.25, 0.3) is 9.84 Å². The fraction of sp³-hybridized carbons (Fsp3) is 0.250. The van der Waals surface area contributed by atoms with Crippen molar-refractivity contribution >= 4 is 9.84 Å². The van der Waals surface area contributed by atoms with Crippen LogP contribution in [0.1, 0.15) is 5.56 Å². The molecular formula is C8H5F5O2S. The van der Waals surface area contributed by atoms with Crippen LogP contribution in [0.5, 0.6) is 0 Å². The zero-order valence-electron chi connectivity index (χ0n) is 7.55. The molecule has 8 heteroatoms. The van der Waals surface area contributed by atoms with E-state index in [0.29, 0.717) is 12.1 Å². The maximum absolute atomic E-state index is 12.6. The predicted molar refractivity (Wildman–Crippen MR) is 45.0 cm³/mol. The molecule has 1 aromatic carbocycles. The lowest BCUT2D eigenvalue weighted by atomic mass is 10.2. The number of rotatable bonds is 2. The first-order valence-corrected chi connectivity index (χ1v) is 5.51. The van der Waals surface area contributed by atoms with Gasteiger partial charge in [-0.1, -0.05) is 6.07 Å². The van der Waals surface area contributed by atoms with Gasteiger partial charge < -0.3 is 0 Å². The molecule has 0 aliphatic rings. The molecule has 0 amide bonds. The molecule has 0 bridgehead atoms. The van der Waals surface area contributed by atoms with Crippen LogP contribution in [-0.4, -0.2) is 13.9 Å². The number of benzene rings is 1. The van der Waals surface area contributed by atoms with Gasteiger partial charge >= 0.3 is 5.51 Å². The van der Waals surface area contributed by atoms with Crippen LogP contribution in [0.3, 0.4) is 0 Å². The van der Waals surface area contributed by atoms with Crippen molar-refractivity contribution in [1.82, 2.24) is 0 Å². The third-order valence-electron chi connectivity index (χ3n) is 1.69. The van der Waals surface area contributed by atoms with E-state index < -0.39 is 38.3 Å². The monoisotopic (exact) mass is 260 g/mol. The molecule has 0 spiro atoms. The lowest BCUT2D eigenvalue weighted by molar-refractivity contribution is -0.0437. The molecule has 0 N–H and O–H groups in total. The van der Waals surface area contributed by atoms with Gasteiger partial charge in [-0.05, 0) is 17.7 Å². The predicted octanol–water partition coefficient (Wildman–Crippen LogP) is 2.40. The molecule has 0 atom stereocenters. The Hall–Kier alpha value is -1.18. The fourth-order valence-corrected chi connectivity index (χ4v) is 1.71. The van der Waals surface area contributed by atoms with Crippen molar-refractivity contribution in [3.63, 3.8) is 0 Å². The molecule has 0 fully saturated rings. The maximum atomic E-state index is 12.6. The molecule has 0 aromatic heterocycles. The van der Waals surface area contributed by atoms with Gasteiger partial charge in [-0.25, -0.2) is 17.2 Å². The first-order chi connectivity index (χ1) is 7.13. The minimum Gasteiger partial charge on any atom is -0.219 e. The largest absolute Gasteiger partial charge is 0.497 e. The zero-order chi connectivity index (χ0) is 12.6. The summed E-state index contributed by atoms with van der Waals surface area (Å²) in [6.07, 6.45) is 0. The Morgan fingerprint density at radius 3 is 2.06 bits per heavy atom. The highest BCUT2D eigenvalue weighted by Gasteiger charge is 2.45. The number of sulfone groups is 1.